The molecule has 23 heavy (non-hydrogen) atoms. The first-order valence-electron chi connectivity index (χ1n) is 7.96. The molecule has 0 aliphatic rings. The summed E-state index contributed by atoms with van der Waals surface area (Å²) >= 11 is 0. The van der Waals surface area contributed by atoms with Gasteiger partial charge in [0, 0.05) is 17.7 Å². The quantitative estimate of drug-likeness (QED) is 0.556. The van der Waals surface area contributed by atoms with Gasteiger partial charge in [-0.2, -0.15) is 0 Å². The summed E-state index contributed by atoms with van der Waals surface area (Å²) in [6, 6.07) is 4.57. The zero-order chi connectivity index (χ0) is 17.4. The fourth-order valence-electron chi connectivity index (χ4n) is 2.29. The third-order valence-electron chi connectivity index (χ3n) is 3.56. The van der Waals surface area contributed by atoms with E-state index in [9.17, 15) is 14.9 Å². The topological polar surface area (TPSA) is 81.5 Å². The number of carbonyl (C=O) groups is 1. The van der Waals surface area contributed by atoms with Crippen LogP contribution in [0.25, 0.3) is 0 Å². The maximum absolute atomic E-state index is 11.8. The number of hydrogen-bond donors (Lipinski definition) is 1. The molecular weight excluding hydrogens is 296 g/mol. The number of amides is 1. The number of hydrogen-bond acceptors (Lipinski definition) is 4. The molecule has 0 fully saturated rings. The van der Waals surface area contributed by atoms with Crippen LogP contribution in [0.2, 0.25) is 0 Å². The highest BCUT2D eigenvalue weighted by atomic mass is 16.6. The molecular formula is C17H26N2O4. The number of benzene rings is 1. The van der Waals surface area contributed by atoms with Crippen LogP contribution in [0, 0.1) is 23.0 Å². The Morgan fingerprint density at radius 2 is 2.00 bits per heavy atom. The first kappa shape index (κ1) is 18.9. The number of rotatable bonds is 9. The Bertz CT molecular complexity index is 543. The molecule has 0 heterocycles. The molecule has 1 rings (SSSR count). The maximum atomic E-state index is 11.8. The van der Waals surface area contributed by atoms with Gasteiger partial charge in [0.25, 0.3) is 11.6 Å². The number of aryl methyl sites for hydroxylation is 1. The zero-order valence-corrected chi connectivity index (χ0v) is 14.3. The highest BCUT2D eigenvalue weighted by Gasteiger charge is 2.12. The van der Waals surface area contributed by atoms with Gasteiger partial charge in [0.2, 0.25) is 0 Å². The van der Waals surface area contributed by atoms with Crippen molar-refractivity contribution in [2.75, 3.05) is 6.61 Å². The van der Waals surface area contributed by atoms with Crippen LogP contribution >= 0.6 is 0 Å². The molecule has 6 heteroatoms. The summed E-state index contributed by atoms with van der Waals surface area (Å²) in [5.74, 6) is 0.945. The number of ether oxygens (including phenoxy) is 1. The van der Waals surface area contributed by atoms with Gasteiger partial charge in [-0.25, -0.2) is 0 Å². The van der Waals surface area contributed by atoms with Crippen molar-refractivity contribution >= 4 is 11.6 Å². The van der Waals surface area contributed by atoms with E-state index in [1.165, 1.54) is 12.1 Å². The molecule has 0 radical (unpaired) electrons. The predicted octanol–water partition coefficient (Wildman–Crippen LogP) is 3.61. The molecule has 0 aromatic heterocycles. The van der Waals surface area contributed by atoms with Crippen LogP contribution in [0.4, 0.5) is 5.69 Å². The smallest absolute Gasteiger partial charge is 0.272 e. The molecule has 1 N–H and O–H groups in total. The molecule has 1 amide bonds. The van der Waals surface area contributed by atoms with Gasteiger partial charge >= 0.3 is 0 Å². The molecule has 0 saturated carbocycles. The summed E-state index contributed by atoms with van der Waals surface area (Å²) in [5.41, 5.74) is 0.551. The first-order valence-corrected chi connectivity index (χ1v) is 7.96. The Balaban J connectivity index is 2.38. The van der Waals surface area contributed by atoms with Crippen molar-refractivity contribution in [3.05, 3.63) is 33.9 Å². The minimum Gasteiger partial charge on any atom is -0.484 e. The van der Waals surface area contributed by atoms with Crippen molar-refractivity contribution in [2.45, 2.75) is 53.0 Å². The minimum atomic E-state index is -0.440. The average molecular weight is 322 g/mol. The fourth-order valence-corrected chi connectivity index (χ4v) is 2.29. The summed E-state index contributed by atoms with van der Waals surface area (Å²) in [7, 11) is 0. The highest BCUT2D eigenvalue weighted by Crippen LogP contribution is 2.22. The Labute approximate surface area is 137 Å². The van der Waals surface area contributed by atoms with Gasteiger partial charge in [-0.05, 0) is 38.3 Å². The predicted molar refractivity (Wildman–Crippen MR) is 89.6 cm³/mol. The van der Waals surface area contributed by atoms with Gasteiger partial charge in [0.05, 0.1) is 4.92 Å². The molecule has 1 atom stereocenters. The number of carbonyl (C=O) groups excluding carboxylic acids is 1. The van der Waals surface area contributed by atoms with Crippen molar-refractivity contribution < 1.29 is 14.5 Å². The summed E-state index contributed by atoms with van der Waals surface area (Å²) in [6.45, 7) is 7.90. The van der Waals surface area contributed by atoms with Gasteiger partial charge in [-0.1, -0.05) is 26.7 Å². The molecule has 6 nitrogen and oxygen atoms in total. The third-order valence-corrected chi connectivity index (χ3v) is 3.56. The summed E-state index contributed by atoms with van der Waals surface area (Å²) in [5, 5.41) is 13.6. The zero-order valence-electron chi connectivity index (χ0n) is 14.3. The summed E-state index contributed by atoms with van der Waals surface area (Å²) in [4.78, 5) is 22.1. The standard InChI is InChI=1S/C17H26N2O4/c1-12(2)6-5-7-14(4)18-17(20)11-23-15-8-9-16(19(21)22)13(3)10-15/h8-10,12,14H,5-7,11H2,1-4H3,(H,18,20)/t14-/m1/s1. The molecule has 0 aliphatic heterocycles. The molecule has 128 valence electrons. The lowest BCUT2D eigenvalue weighted by atomic mass is 10.0. The van der Waals surface area contributed by atoms with E-state index in [-0.39, 0.29) is 24.2 Å². The SMILES string of the molecule is Cc1cc(OCC(=O)N[C@H](C)CCCC(C)C)ccc1[N+](=O)[O-]. The second kappa shape index (κ2) is 9.12. The van der Waals surface area contributed by atoms with Crippen molar-refractivity contribution in [1.82, 2.24) is 5.32 Å². The summed E-state index contributed by atoms with van der Waals surface area (Å²) in [6.07, 6.45) is 3.18. The lowest BCUT2D eigenvalue weighted by Gasteiger charge is -2.15. The van der Waals surface area contributed by atoms with Crippen molar-refractivity contribution in [3.63, 3.8) is 0 Å². The van der Waals surface area contributed by atoms with Gasteiger partial charge < -0.3 is 10.1 Å². The fraction of sp³-hybridized carbons (Fsp3) is 0.588. The van der Waals surface area contributed by atoms with E-state index >= 15 is 0 Å². The van der Waals surface area contributed by atoms with E-state index in [1.807, 2.05) is 6.92 Å². The third kappa shape index (κ3) is 7.13. The van der Waals surface area contributed by atoms with Crippen molar-refractivity contribution in [1.29, 1.82) is 0 Å². The lowest BCUT2D eigenvalue weighted by molar-refractivity contribution is -0.385. The largest absolute Gasteiger partial charge is 0.484 e. The average Bonchev–Trinajstić information content (AvgIpc) is 2.44. The Morgan fingerprint density at radius 3 is 2.57 bits per heavy atom. The highest BCUT2D eigenvalue weighted by molar-refractivity contribution is 5.77. The minimum absolute atomic E-state index is 0.0422. The molecule has 0 aliphatic carbocycles. The van der Waals surface area contributed by atoms with Crippen LogP contribution < -0.4 is 10.1 Å². The van der Waals surface area contributed by atoms with Crippen LogP contribution in [-0.4, -0.2) is 23.5 Å². The van der Waals surface area contributed by atoms with Crippen molar-refractivity contribution in [2.24, 2.45) is 5.92 Å². The van der Waals surface area contributed by atoms with Crippen LogP contribution in [0.1, 0.15) is 45.6 Å². The van der Waals surface area contributed by atoms with Gasteiger partial charge in [-0.3, -0.25) is 14.9 Å². The Kier molecular flexibility index (Phi) is 7.51. The summed E-state index contributed by atoms with van der Waals surface area (Å²) < 4.78 is 5.39. The number of nitro groups is 1. The van der Waals surface area contributed by atoms with E-state index in [0.29, 0.717) is 17.2 Å². The first-order chi connectivity index (χ1) is 10.8. The van der Waals surface area contributed by atoms with E-state index in [4.69, 9.17) is 4.74 Å². The maximum Gasteiger partial charge on any atom is 0.272 e. The molecule has 0 saturated heterocycles. The second-order valence-electron chi connectivity index (χ2n) is 6.29. The molecule has 0 bridgehead atoms. The molecule has 0 unspecified atom stereocenters. The second-order valence-corrected chi connectivity index (χ2v) is 6.29. The molecule has 1 aromatic carbocycles. The van der Waals surface area contributed by atoms with Crippen molar-refractivity contribution in [3.8, 4) is 5.75 Å². The van der Waals surface area contributed by atoms with Crippen LogP contribution in [-0.2, 0) is 4.79 Å². The lowest BCUT2D eigenvalue weighted by Crippen LogP contribution is -2.36. The van der Waals surface area contributed by atoms with E-state index in [1.54, 1.807) is 13.0 Å². The van der Waals surface area contributed by atoms with E-state index < -0.39 is 4.92 Å². The van der Waals surface area contributed by atoms with Crippen LogP contribution in [0.5, 0.6) is 5.75 Å². The number of nitrogens with one attached hydrogen (secondary N) is 1. The van der Waals surface area contributed by atoms with Crippen LogP contribution in [0.15, 0.2) is 18.2 Å². The Hall–Kier alpha value is -2.11. The number of nitro benzene ring substituents is 1. The molecule has 0 spiro atoms. The van der Waals surface area contributed by atoms with Gasteiger partial charge in [0.15, 0.2) is 6.61 Å². The monoisotopic (exact) mass is 322 g/mol. The number of nitrogens with zero attached hydrogens (tertiary/aromatic N) is 1. The van der Waals surface area contributed by atoms with E-state index in [0.717, 1.165) is 19.3 Å². The van der Waals surface area contributed by atoms with Crippen LogP contribution in [0.3, 0.4) is 0 Å². The normalized spacial score (nSPS) is 12.0. The van der Waals surface area contributed by atoms with E-state index in [2.05, 4.69) is 19.2 Å². The van der Waals surface area contributed by atoms with Gasteiger partial charge in [0.1, 0.15) is 5.75 Å². The molecule has 1 aromatic rings. The van der Waals surface area contributed by atoms with Gasteiger partial charge in [-0.15, -0.1) is 0 Å². The Morgan fingerprint density at radius 1 is 1.30 bits per heavy atom.